The monoisotopic (exact) mass is 323 g/mol. The number of hydrogen-bond acceptors (Lipinski definition) is 5. The number of sulfonamides is 1. The number of benzene rings is 1. The molecule has 0 aromatic heterocycles. The molecule has 0 fully saturated rings. The van der Waals surface area contributed by atoms with Crippen molar-refractivity contribution in [3.05, 3.63) is 23.2 Å². The molecule has 0 aliphatic heterocycles. The lowest BCUT2D eigenvalue weighted by molar-refractivity contribution is -0.147. The average Bonchev–Trinajstić information content (AvgIpc) is 2.38. The van der Waals surface area contributed by atoms with Crippen LogP contribution in [0.2, 0.25) is 5.02 Å². The van der Waals surface area contributed by atoms with Gasteiger partial charge in [-0.25, -0.2) is 17.9 Å². The van der Waals surface area contributed by atoms with E-state index in [4.69, 9.17) is 21.4 Å². The van der Waals surface area contributed by atoms with Crippen molar-refractivity contribution in [1.29, 1.82) is 0 Å². The average molecular weight is 324 g/mol. The van der Waals surface area contributed by atoms with Crippen LogP contribution in [-0.2, 0) is 19.6 Å². The van der Waals surface area contributed by atoms with Crippen molar-refractivity contribution < 1.29 is 27.8 Å². The van der Waals surface area contributed by atoms with Crippen LogP contribution < -0.4 is 9.46 Å². The largest absolute Gasteiger partial charge is 0.495 e. The number of carboxylic acids is 1. The summed E-state index contributed by atoms with van der Waals surface area (Å²) in [7, 11) is -1.45. The molecule has 0 amide bonds. The number of methoxy groups -OCH3 is 2. The number of carboxylic acid groups (broad SMARTS) is 1. The van der Waals surface area contributed by atoms with Gasteiger partial charge in [0.25, 0.3) is 0 Å². The standard InChI is InChI=1S/C11H14ClNO6S/c1-18-8-5-7(12)3-4-10(8)20(16,17)13-6-9(19-2)11(14)15/h3-5,9,13H,6H2,1-2H3,(H,14,15). The van der Waals surface area contributed by atoms with Crippen LogP contribution in [0, 0.1) is 0 Å². The summed E-state index contributed by atoms with van der Waals surface area (Å²) in [5.74, 6) is -1.20. The summed E-state index contributed by atoms with van der Waals surface area (Å²) in [6, 6.07) is 4.01. The van der Waals surface area contributed by atoms with Gasteiger partial charge < -0.3 is 14.6 Å². The Kier molecular flexibility index (Phi) is 5.75. The van der Waals surface area contributed by atoms with Gasteiger partial charge in [-0.05, 0) is 12.1 Å². The first-order valence-corrected chi connectivity index (χ1v) is 7.26. The molecule has 1 unspecified atom stereocenters. The van der Waals surface area contributed by atoms with Crippen LogP contribution in [0.15, 0.2) is 23.1 Å². The SMILES string of the molecule is COc1cc(Cl)ccc1S(=O)(=O)NCC(OC)C(=O)O. The van der Waals surface area contributed by atoms with E-state index in [1.807, 2.05) is 0 Å². The molecule has 9 heteroatoms. The maximum absolute atomic E-state index is 12.1. The first-order valence-electron chi connectivity index (χ1n) is 5.40. The molecule has 0 radical (unpaired) electrons. The van der Waals surface area contributed by atoms with Crippen LogP contribution in [-0.4, -0.2) is 46.4 Å². The summed E-state index contributed by atoms with van der Waals surface area (Å²) in [5.41, 5.74) is 0. The third-order valence-electron chi connectivity index (χ3n) is 2.43. The summed E-state index contributed by atoms with van der Waals surface area (Å²) in [6.45, 7) is -0.403. The number of carbonyl (C=O) groups is 1. The van der Waals surface area contributed by atoms with Crippen LogP contribution in [0.4, 0.5) is 0 Å². The number of ether oxygens (including phenoxy) is 2. The lowest BCUT2D eigenvalue weighted by Gasteiger charge is -2.14. The summed E-state index contributed by atoms with van der Waals surface area (Å²) in [4.78, 5) is 10.6. The maximum atomic E-state index is 12.1. The molecule has 0 bridgehead atoms. The third-order valence-corrected chi connectivity index (χ3v) is 4.13. The number of nitrogens with one attached hydrogen (secondary N) is 1. The Hall–Kier alpha value is -1.35. The smallest absolute Gasteiger partial charge is 0.334 e. The van der Waals surface area contributed by atoms with Gasteiger partial charge in [-0.15, -0.1) is 0 Å². The summed E-state index contributed by atoms with van der Waals surface area (Å²) >= 11 is 5.74. The molecule has 20 heavy (non-hydrogen) atoms. The van der Waals surface area contributed by atoms with E-state index < -0.39 is 28.6 Å². The normalized spacial score (nSPS) is 12.9. The maximum Gasteiger partial charge on any atom is 0.334 e. The second kappa shape index (κ2) is 6.89. The molecule has 2 N–H and O–H groups in total. The molecule has 0 aliphatic carbocycles. The van der Waals surface area contributed by atoms with Crippen LogP contribution >= 0.6 is 11.6 Å². The second-order valence-electron chi connectivity index (χ2n) is 3.71. The second-order valence-corrected chi connectivity index (χ2v) is 5.88. The fourth-order valence-corrected chi connectivity index (χ4v) is 2.74. The molecular formula is C11H14ClNO6S. The Labute approximate surface area is 121 Å². The van der Waals surface area contributed by atoms with Crippen LogP contribution in [0.1, 0.15) is 0 Å². The fourth-order valence-electron chi connectivity index (χ4n) is 1.40. The molecule has 1 aromatic rings. The lowest BCUT2D eigenvalue weighted by Crippen LogP contribution is -2.37. The van der Waals surface area contributed by atoms with Crippen molar-refractivity contribution in [2.45, 2.75) is 11.0 Å². The molecular weight excluding hydrogens is 310 g/mol. The molecule has 1 rings (SSSR count). The first-order chi connectivity index (χ1) is 9.31. The van der Waals surface area contributed by atoms with Gasteiger partial charge in [0.15, 0.2) is 6.10 Å². The van der Waals surface area contributed by atoms with E-state index >= 15 is 0 Å². The van der Waals surface area contributed by atoms with Crippen molar-refractivity contribution in [1.82, 2.24) is 4.72 Å². The van der Waals surface area contributed by atoms with E-state index in [0.717, 1.165) is 0 Å². The molecule has 7 nitrogen and oxygen atoms in total. The Morgan fingerprint density at radius 3 is 2.60 bits per heavy atom. The van der Waals surface area contributed by atoms with Gasteiger partial charge in [0, 0.05) is 24.7 Å². The van der Waals surface area contributed by atoms with Gasteiger partial charge in [0.1, 0.15) is 10.6 Å². The van der Waals surface area contributed by atoms with Gasteiger partial charge >= 0.3 is 5.97 Å². The number of rotatable bonds is 7. The third kappa shape index (κ3) is 4.07. The number of halogens is 1. The minimum absolute atomic E-state index is 0.0642. The Bertz CT molecular complexity index is 589. The van der Waals surface area contributed by atoms with Gasteiger partial charge in [0.2, 0.25) is 10.0 Å². The lowest BCUT2D eigenvalue weighted by atomic mass is 10.3. The van der Waals surface area contributed by atoms with Crippen molar-refractivity contribution in [2.24, 2.45) is 0 Å². The van der Waals surface area contributed by atoms with Gasteiger partial charge in [-0.2, -0.15) is 0 Å². The molecule has 0 aliphatic rings. The van der Waals surface area contributed by atoms with Crippen molar-refractivity contribution in [3.63, 3.8) is 0 Å². The minimum atomic E-state index is -3.94. The quantitative estimate of drug-likeness (QED) is 0.767. The zero-order valence-corrected chi connectivity index (χ0v) is 12.4. The molecule has 0 spiro atoms. The van der Waals surface area contributed by atoms with Crippen LogP contribution in [0.3, 0.4) is 0 Å². The number of aliphatic carboxylic acids is 1. The molecule has 0 saturated carbocycles. The van der Waals surface area contributed by atoms with Crippen molar-refractivity contribution >= 4 is 27.6 Å². The van der Waals surface area contributed by atoms with Crippen molar-refractivity contribution in [3.8, 4) is 5.75 Å². The van der Waals surface area contributed by atoms with Crippen molar-refractivity contribution in [2.75, 3.05) is 20.8 Å². The molecule has 1 atom stereocenters. The molecule has 0 heterocycles. The van der Waals surface area contributed by atoms with Gasteiger partial charge in [-0.3, -0.25) is 0 Å². The predicted molar refractivity (Wildman–Crippen MR) is 71.6 cm³/mol. The van der Waals surface area contributed by atoms with E-state index in [-0.39, 0.29) is 10.6 Å². The number of hydrogen-bond donors (Lipinski definition) is 2. The first kappa shape index (κ1) is 16.7. The molecule has 1 aromatic carbocycles. The zero-order valence-electron chi connectivity index (χ0n) is 10.8. The Morgan fingerprint density at radius 1 is 1.45 bits per heavy atom. The van der Waals surface area contributed by atoms with Gasteiger partial charge in [0.05, 0.1) is 7.11 Å². The summed E-state index contributed by atoms with van der Waals surface area (Å²) in [6.07, 6.45) is -1.27. The summed E-state index contributed by atoms with van der Waals surface area (Å²) < 4.78 is 35.9. The van der Waals surface area contributed by atoms with Gasteiger partial charge in [-0.1, -0.05) is 11.6 Å². The zero-order chi connectivity index (χ0) is 15.3. The highest BCUT2D eigenvalue weighted by atomic mass is 35.5. The minimum Gasteiger partial charge on any atom is -0.495 e. The van der Waals surface area contributed by atoms with E-state index in [9.17, 15) is 13.2 Å². The Balaban J connectivity index is 2.97. The highest BCUT2D eigenvalue weighted by molar-refractivity contribution is 7.89. The van der Waals surface area contributed by atoms with E-state index in [1.165, 1.54) is 32.4 Å². The van der Waals surface area contributed by atoms with Crippen LogP contribution in [0.5, 0.6) is 5.75 Å². The summed E-state index contributed by atoms with van der Waals surface area (Å²) in [5, 5.41) is 9.10. The van der Waals surface area contributed by atoms with E-state index in [2.05, 4.69) is 9.46 Å². The topological polar surface area (TPSA) is 102 Å². The highest BCUT2D eigenvalue weighted by Crippen LogP contribution is 2.26. The Morgan fingerprint density at radius 2 is 2.10 bits per heavy atom. The fraction of sp³-hybridized carbons (Fsp3) is 0.364. The molecule has 0 saturated heterocycles. The van der Waals surface area contributed by atoms with E-state index in [1.54, 1.807) is 0 Å². The van der Waals surface area contributed by atoms with Crippen LogP contribution in [0.25, 0.3) is 0 Å². The molecule has 112 valence electrons. The predicted octanol–water partition coefficient (Wildman–Crippen LogP) is 0.727. The highest BCUT2D eigenvalue weighted by Gasteiger charge is 2.23. The van der Waals surface area contributed by atoms with E-state index in [0.29, 0.717) is 5.02 Å².